The Bertz CT molecular complexity index is 704. The Morgan fingerprint density at radius 2 is 1.58 bits per heavy atom. The van der Waals surface area contributed by atoms with E-state index < -0.39 is 0 Å². The third-order valence-electron chi connectivity index (χ3n) is 2.95. The van der Waals surface area contributed by atoms with Crippen LogP contribution in [0.25, 0.3) is 21.6 Å². The SMILES string of the molecule is Nc1sc(-c2ccccc2)cc1-c1cccc(Cl)c1. The summed E-state index contributed by atoms with van der Waals surface area (Å²) in [4.78, 5) is 1.17. The van der Waals surface area contributed by atoms with Crippen molar-refractivity contribution in [2.24, 2.45) is 0 Å². The molecule has 19 heavy (non-hydrogen) atoms. The summed E-state index contributed by atoms with van der Waals surface area (Å²) in [6.07, 6.45) is 0. The Labute approximate surface area is 121 Å². The fraction of sp³-hybridized carbons (Fsp3) is 0. The van der Waals surface area contributed by atoms with Crippen molar-refractivity contribution in [3.8, 4) is 21.6 Å². The highest BCUT2D eigenvalue weighted by molar-refractivity contribution is 7.19. The van der Waals surface area contributed by atoms with Gasteiger partial charge in [-0.05, 0) is 29.3 Å². The molecule has 0 bridgehead atoms. The lowest BCUT2D eigenvalue weighted by molar-refractivity contribution is 1.66. The first-order valence-electron chi connectivity index (χ1n) is 5.95. The lowest BCUT2D eigenvalue weighted by Crippen LogP contribution is -1.82. The van der Waals surface area contributed by atoms with Gasteiger partial charge < -0.3 is 5.73 Å². The summed E-state index contributed by atoms with van der Waals surface area (Å²) >= 11 is 7.64. The Kier molecular flexibility index (Phi) is 3.28. The van der Waals surface area contributed by atoms with Crippen LogP contribution in [-0.2, 0) is 0 Å². The van der Waals surface area contributed by atoms with Gasteiger partial charge in [0.15, 0.2) is 0 Å². The van der Waals surface area contributed by atoms with E-state index >= 15 is 0 Å². The van der Waals surface area contributed by atoms with E-state index in [1.807, 2.05) is 42.5 Å². The van der Waals surface area contributed by atoms with Gasteiger partial charge in [0.05, 0.1) is 5.00 Å². The van der Waals surface area contributed by atoms with Crippen molar-refractivity contribution >= 4 is 27.9 Å². The molecule has 0 aliphatic carbocycles. The summed E-state index contributed by atoms with van der Waals surface area (Å²) in [7, 11) is 0. The highest BCUT2D eigenvalue weighted by Gasteiger charge is 2.10. The molecule has 3 heteroatoms. The zero-order valence-corrected chi connectivity index (χ0v) is 11.7. The molecule has 0 radical (unpaired) electrons. The van der Waals surface area contributed by atoms with E-state index in [9.17, 15) is 0 Å². The first kappa shape index (κ1) is 12.3. The molecule has 0 aliphatic heterocycles. The minimum Gasteiger partial charge on any atom is -0.390 e. The smallest absolute Gasteiger partial charge is 0.0942 e. The molecule has 3 aromatic rings. The molecule has 1 nitrogen and oxygen atoms in total. The molecule has 0 saturated heterocycles. The number of hydrogen-bond donors (Lipinski definition) is 1. The molecule has 1 heterocycles. The number of thiophene rings is 1. The molecule has 3 rings (SSSR count). The maximum Gasteiger partial charge on any atom is 0.0942 e. The van der Waals surface area contributed by atoms with Gasteiger partial charge in [0.2, 0.25) is 0 Å². The van der Waals surface area contributed by atoms with Crippen LogP contribution < -0.4 is 5.73 Å². The number of hydrogen-bond acceptors (Lipinski definition) is 2. The van der Waals surface area contributed by atoms with E-state index in [-0.39, 0.29) is 0 Å². The van der Waals surface area contributed by atoms with Crippen LogP contribution in [-0.4, -0.2) is 0 Å². The van der Waals surface area contributed by atoms with Gasteiger partial charge in [-0.2, -0.15) is 0 Å². The summed E-state index contributed by atoms with van der Waals surface area (Å²) in [5.41, 5.74) is 9.43. The highest BCUT2D eigenvalue weighted by Crippen LogP contribution is 2.39. The third kappa shape index (κ3) is 2.50. The van der Waals surface area contributed by atoms with Gasteiger partial charge in [0.25, 0.3) is 0 Å². The summed E-state index contributed by atoms with van der Waals surface area (Å²) in [5.74, 6) is 0. The van der Waals surface area contributed by atoms with Crippen molar-refractivity contribution in [1.29, 1.82) is 0 Å². The average Bonchev–Trinajstić information content (AvgIpc) is 2.82. The third-order valence-corrected chi connectivity index (χ3v) is 4.20. The Balaban J connectivity index is 2.08. The number of halogens is 1. The summed E-state index contributed by atoms with van der Waals surface area (Å²) < 4.78 is 0. The quantitative estimate of drug-likeness (QED) is 0.678. The van der Waals surface area contributed by atoms with Crippen LogP contribution in [0.5, 0.6) is 0 Å². The predicted molar refractivity (Wildman–Crippen MR) is 84.6 cm³/mol. The molecular weight excluding hydrogens is 274 g/mol. The van der Waals surface area contributed by atoms with Crippen molar-refractivity contribution in [3.63, 3.8) is 0 Å². The normalized spacial score (nSPS) is 10.6. The Morgan fingerprint density at radius 1 is 0.842 bits per heavy atom. The van der Waals surface area contributed by atoms with Crippen molar-refractivity contribution in [3.05, 3.63) is 65.7 Å². The van der Waals surface area contributed by atoms with Gasteiger partial charge in [-0.15, -0.1) is 11.3 Å². The molecule has 0 fully saturated rings. The van der Waals surface area contributed by atoms with Crippen LogP contribution in [0.15, 0.2) is 60.7 Å². The number of nitrogens with two attached hydrogens (primary N) is 1. The lowest BCUT2D eigenvalue weighted by Gasteiger charge is -2.00. The summed E-state index contributed by atoms with van der Waals surface area (Å²) in [6.45, 7) is 0. The van der Waals surface area contributed by atoms with Crippen LogP contribution >= 0.6 is 22.9 Å². The average molecular weight is 286 g/mol. The molecule has 0 spiro atoms. The maximum atomic E-state index is 6.14. The van der Waals surface area contributed by atoms with E-state index in [0.717, 1.165) is 21.2 Å². The van der Waals surface area contributed by atoms with Gasteiger partial charge in [-0.1, -0.05) is 54.1 Å². The van der Waals surface area contributed by atoms with Crippen LogP contribution in [0.2, 0.25) is 5.02 Å². The molecule has 0 amide bonds. The van der Waals surface area contributed by atoms with Crippen LogP contribution in [0, 0.1) is 0 Å². The van der Waals surface area contributed by atoms with Crippen molar-refractivity contribution in [2.75, 3.05) is 5.73 Å². The van der Waals surface area contributed by atoms with Gasteiger partial charge in [0.1, 0.15) is 0 Å². The van der Waals surface area contributed by atoms with E-state index in [1.165, 1.54) is 10.4 Å². The van der Waals surface area contributed by atoms with Crippen molar-refractivity contribution in [2.45, 2.75) is 0 Å². The molecule has 1 aromatic heterocycles. The number of benzene rings is 2. The van der Waals surface area contributed by atoms with Crippen LogP contribution in [0.3, 0.4) is 0 Å². The summed E-state index contributed by atoms with van der Waals surface area (Å²) in [6, 6.07) is 20.2. The van der Waals surface area contributed by atoms with Crippen LogP contribution in [0.1, 0.15) is 0 Å². The second-order valence-corrected chi connectivity index (χ2v) is 5.79. The molecule has 0 aliphatic rings. The van der Waals surface area contributed by atoms with Crippen molar-refractivity contribution in [1.82, 2.24) is 0 Å². The molecule has 0 saturated carbocycles. The topological polar surface area (TPSA) is 26.0 Å². The van der Waals surface area contributed by atoms with E-state index in [4.69, 9.17) is 17.3 Å². The molecule has 94 valence electrons. The van der Waals surface area contributed by atoms with Crippen LogP contribution in [0.4, 0.5) is 5.00 Å². The summed E-state index contributed by atoms with van der Waals surface area (Å²) in [5, 5.41) is 1.55. The molecule has 0 atom stereocenters. The fourth-order valence-corrected chi connectivity index (χ4v) is 3.18. The van der Waals surface area contributed by atoms with E-state index in [2.05, 4.69) is 18.2 Å². The minimum absolute atomic E-state index is 0.726. The number of anilines is 1. The van der Waals surface area contributed by atoms with Gasteiger partial charge in [-0.3, -0.25) is 0 Å². The second-order valence-electron chi connectivity index (χ2n) is 4.26. The van der Waals surface area contributed by atoms with Crippen molar-refractivity contribution < 1.29 is 0 Å². The first-order valence-corrected chi connectivity index (χ1v) is 7.14. The zero-order chi connectivity index (χ0) is 13.2. The standard InChI is InChI=1S/C16H12ClNS/c17-13-8-4-7-12(9-13)14-10-15(19-16(14)18)11-5-2-1-3-6-11/h1-10H,18H2. The largest absolute Gasteiger partial charge is 0.390 e. The van der Waals surface area contributed by atoms with E-state index in [0.29, 0.717) is 0 Å². The molecule has 2 aromatic carbocycles. The van der Waals surface area contributed by atoms with Gasteiger partial charge in [-0.25, -0.2) is 0 Å². The molecule has 2 N–H and O–H groups in total. The van der Waals surface area contributed by atoms with Gasteiger partial charge >= 0.3 is 0 Å². The molecular formula is C16H12ClNS. The Hall–Kier alpha value is -1.77. The van der Waals surface area contributed by atoms with Gasteiger partial charge in [0, 0.05) is 15.5 Å². The lowest BCUT2D eigenvalue weighted by atomic mass is 10.1. The number of nitrogen functional groups attached to an aromatic ring is 1. The highest BCUT2D eigenvalue weighted by atomic mass is 35.5. The number of rotatable bonds is 2. The minimum atomic E-state index is 0.726. The Morgan fingerprint density at radius 3 is 2.32 bits per heavy atom. The predicted octanol–water partition coefficient (Wildman–Crippen LogP) is 5.32. The maximum absolute atomic E-state index is 6.14. The second kappa shape index (κ2) is 5.08. The monoisotopic (exact) mass is 285 g/mol. The zero-order valence-electron chi connectivity index (χ0n) is 10.1. The molecule has 0 unspecified atom stereocenters. The van der Waals surface area contributed by atoms with E-state index in [1.54, 1.807) is 11.3 Å². The fourth-order valence-electron chi connectivity index (χ4n) is 2.03. The first-order chi connectivity index (χ1) is 9.24.